The van der Waals surface area contributed by atoms with Crippen molar-refractivity contribution in [2.24, 2.45) is 0 Å². The van der Waals surface area contributed by atoms with E-state index in [1.54, 1.807) is 6.08 Å². The van der Waals surface area contributed by atoms with Crippen molar-refractivity contribution in [3.8, 4) is 0 Å². The number of hydrogen-bond donors (Lipinski definition) is 2. The van der Waals surface area contributed by atoms with Gasteiger partial charge >= 0.3 is 6.03 Å². The number of aromatic nitrogens is 1. The van der Waals surface area contributed by atoms with Crippen molar-refractivity contribution in [2.75, 3.05) is 6.54 Å². The highest BCUT2D eigenvalue weighted by atomic mass is 16.2. The average Bonchev–Trinajstić information content (AvgIpc) is 2.97. The summed E-state index contributed by atoms with van der Waals surface area (Å²) in [6.07, 6.45) is 3.92. The zero-order chi connectivity index (χ0) is 14.1. The van der Waals surface area contributed by atoms with Gasteiger partial charge in [-0.3, -0.25) is 9.69 Å². The third-order valence-electron chi connectivity index (χ3n) is 3.52. The van der Waals surface area contributed by atoms with Crippen LogP contribution in [0, 0.1) is 0 Å². The summed E-state index contributed by atoms with van der Waals surface area (Å²) in [6.45, 7) is 3.80. The molecule has 1 aliphatic rings. The summed E-state index contributed by atoms with van der Waals surface area (Å²) in [5.74, 6) is -0.194. The zero-order valence-electron chi connectivity index (χ0n) is 10.9. The van der Waals surface area contributed by atoms with E-state index in [4.69, 9.17) is 0 Å². The second-order valence-corrected chi connectivity index (χ2v) is 4.80. The van der Waals surface area contributed by atoms with Gasteiger partial charge < -0.3 is 10.3 Å². The quantitative estimate of drug-likeness (QED) is 0.657. The smallest absolute Gasteiger partial charge is 0.325 e. The number of nitrogens with zero attached hydrogens (tertiary/aromatic N) is 1. The second-order valence-electron chi connectivity index (χ2n) is 4.80. The molecule has 2 N–H and O–H groups in total. The highest BCUT2D eigenvalue weighted by Crippen LogP contribution is 2.21. The number of urea groups is 1. The number of rotatable bonds is 4. The minimum absolute atomic E-state index is 0.194. The molecule has 0 spiro atoms. The number of nitrogens with one attached hydrogen (secondary N) is 2. The maximum absolute atomic E-state index is 12.2. The number of benzene rings is 1. The van der Waals surface area contributed by atoms with Crippen molar-refractivity contribution < 1.29 is 9.59 Å². The lowest BCUT2D eigenvalue weighted by atomic mass is 10.1. The number of amides is 3. The summed E-state index contributed by atoms with van der Waals surface area (Å²) in [5.41, 5.74) is 2.06. The average molecular weight is 269 g/mol. The monoisotopic (exact) mass is 269 g/mol. The van der Waals surface area contributed by atoms with Crippen molar-refractivity contribution in [3.05, 3.63) is 48.7 Å². The first-order valence-corrected chi connectivity index (χ1v) is 6.48. The molecular formula is C15H15N3O2. The fraction of sp³-hybridized carbons (Fsp3) is 0.200. The lowest BCUT2D eigenvalue weighted by Gasteiger charge is -2.09. The highest BCUT2D eigenvalue weighted by molar-refractivity contribution is 6.04. The molecule has 5 nitrogen and oxygen atoms in total. The van der Waals surface area contributed by atoms with Gasteiger partial charge in [-0.2, -0.15) is 0 Å². The minimum Gasteiger partial charge on any atom is -0.361 e. The summed E-state index contributed by atoms with van der Waals surface area (Å²) < 4.78 is 0. The molecule has 3 rings (SSSR count). The van der Waals surface area contributed by atoms with Crippen molar-refractivity contribution in [1.29, 1.82) is 0 Å². The van der Waals surface area contributed by atoms with E-state index in [9.17, 15) is 9.59 Å². The van der Waals surface area contributed by atoms with Crippen molar-refractivity contribution in [2.45, 2.75) is 12.5 Å². The van der Waals surface area contributed by atoms with E-state index in [0.717, 1.165) is 16.5 Å². The first-order valence-electron chi connectivity index (χ1n) is 6.48. The van der Waals surface area contributed by atoms with E-state index in [1.165, 1.54) is 4.90 Å². The summed E-state index contributed by atoms with van der Waals surface area (Å²) in [4.78, 5) is 28.2. The Labute approximate surface area is 116 Å². The number of para-hydroxylation sites is 1. The molecule has 0 aliphatic carbocycles. The predicted octanol–water partition coefficient (Wildman–Crippen LogP) is 1.82. The van der Waals surface area contributed by atoms with Crippen LogP contribution in [0.5, 0.6) is 0 Å². The molecule has 2 aromatic rings. The number of aromatic amines is 1. The van der Waals surface area contributed by atoms with E-state index in [-0.39, 0.29) is 18.5 Å². The Morgan fingerprint density at radius 1 is 1.30 bits per heavy atom. The Hall–Kier alpha value is -2.56. The molecule has 0 bridgehead atoms. The van der Waals surface area contributed by atoms with E-state index in [2.05, 4.69) is 16.9 Å². The Bertz CT molecular complexity index is 689. The maximum atomic E-state index is 12.2. The molecule has 1 aromatic heterocycles. The molecule has 2 heterocycles. The third-order valence-corrected chi connectivity index (χ3v) is 3.52. The molecule has 1 fully saturated rings. The number of carbonyl (C=O) groups excluding carboxylic acids is 2. The molecule has 1 saturated heterocycles. The third kappa shape index (κ3) is 1.97. The largest absolute Gasteiger partial charge is 0.361 e. The topological polar surface area (TPSA) is 65.2 Å². The van der Waals surface area contributed by atoms with Gasteiger partial charge in [0.25, 0.3) is 5.91 Å². The lowest BCUT2D eigenvalue weighted by molar-refractivity contribution is -0.127. The van der Waals surface area contributed by atoms with Crippen molar-refractivity contribution >= 4 is 22.8 Å². The Balaban J connectivity index is 1.83. The summed E-state index contributed by atoms with van der Waals surface area (Å²) in [6, 6.07) is 7.05. The van der Waals surface area contributed by atoms with Gasteiger partial charge in [-0.25, -0.2) is 4.79 Å². The molecule has 1 atom stereocenters. The molecule has 0 radical (unpaired) electrons. The first-order chi connectivity index (χ1) is 9.70. The van der Waals surface area contributed by atoms with Crippen LogP contribution in [0.2, 0.25) is 0 Å². The number of imide groups is 1. The zero-order valence-corrected chi connectivity index (χ0v) is 10.9. The van der Waals surface area contributed by atoms with E-state index in [1.807, 2.05) is 30.5 Å². The van der Waals surface area contributed by atoms with E-state index >= 15 is 0 Å². The molecular weight excluding hydrogens is 254 g/mol. The first kappa shape index (κ1) is 12.5. The molecule has 20 heavy (non-hydrogen) atoms. The van der Waals surface area contributed by atoms with Crippen LogP contribution in [-0.4, -0.2) is 34.4 Å². The molecule has 3 amide bonds. The van der Waals surface area contributed by atoms with Gasteiger partial charge in [0.1, 0.15) is 6.04 Å². The second kappa shape index (κ2) is 4.85. The Kier molecular flexibility index (Phi) is 3.02. The van der Waals surface area contributed by atoms with Crippen LogP contribution in [0.1, 0.15) is 5.56 Å². The van der Waals surface area contributed by atoms with Gasteiger partial charge in [0.05, 0.1) is 0 Å². The molecule has 102 valence electrons. The minimum atomic E-state index is -0.498. The van der Waals surface area contributed by atoms with Crippen LogP contribution in [0.3, 0.4) is 0 Å². The van der Waals surface area contributed by atoms with E-state index in [0.29, 0.717) is 6.42 Å². The molecule has 0 saturated carbocycles. The molecule has 0 unspecified atom stereocenters. The van der Waals surface area contributed by atoms with Crippen LogP contribution in [0.15, 0.2) is 43.1 Å². The van der Waals surface area contributed by atoms with Gasteiger partial charge in [0, 0.05) is 30.1 Å². The fourth-order valence-electron chi connectivity index (χ4n) is 2.54. The standard InChI is InChI=1S/C15H15N3O2/c1-2-7-18-14(19)13(17-15(18)20)8-10-9-16-12-6-4-3-5-11(10)12/h2-6,9,13,16H,1,7-8H2,(H,17,20)/t13-/m0/s1. The summed E-state index contributed by atoms with van der Waals surface area (Å²) >= 11 is 0. The number of hydrogen-bond acceptors (Lipinski definition) is 2. The molecule has 1 aromatic carbocycles. The van der Waals surface area contributed by atoms with Crippen LogP contribution in [0.25, 0.3) is 10.9 Å². The van der Waals surface area contributed by atoms with Crippen LogP contribution in [-0.2, 0) is 11.2 Å². The van der Waals surface area contributed by atoms with Crippen molar-refractivity contribution in [1.82, 2.24) is 15.2 Å². The van der Waals surface area contributed by atoms with Gasteiger partial charge in [0.15, 0.2) is 0 Å². The van der Waals surface area contributed by atoms with Crippen LogP contribution < -0.4 is 5.32 Å². The number of fused-ring (bicyclic) bond motifs is 1. The van der Waals surface area contributed by atoms with Crippen LogP contribution >= 0.6 is 0 Å². The molecule has 5 heteroatoms. The van der Waals surface area contributed by atoms with Crippen LogP contribution in [0.4, 0.5) is 4.79 Å². The highest BCUT2D eigenvalue weighted by Gasteiger charge is 2.37. The van der Waals surface area contributed by atoms with Gasteiger partial charge in [-0.1, -0.05) is 24.3 Å². The Morgan fingerprint density at radius 2 is 2.10 bits per heavy atom. The van der Waals surface area contributed by atoms with E-state index < -0.39 is 6.04 Å². The number of H-pyrrole nitrogens is 1. The summed E-state index contributed by atoms with van der Waals surface area (Å²) in [5, 5.41) is 3.80. The normalized spacial score (nSPS) is 18.6. The lowest BCUT2D eigenvalue weighted by Crippen LogP contribution is -2.32. The molecule has 1 aliphatic heterocycles. The van der Waals surface area contributed by atoms with Gasteiger partial charge in [0.2, 0.25) is 0 Å². The van der Waals surface area contributed by atoms with Crippen molar-refractivity contribution in [3.63, 3.8) is 0 Å². The predicted molar refractivity (Wildman–Crippen MR) is 76.2 cm³/mol. The Morgan fingerprint density at radius 3 is 2.90 bits per heavy atom. The number of carbonyl (C=O) groups is 2. The fourth-order valence-corrected chi connectivity index (χ4v) is 2.54. The SMILES string of the molecule is C=CCN1C(=O)N[C@@H](Cc2c[nH]c3ccccc23)C1=O. The maximum Gasteiger partial charge on any atom is 0.325 e. The van der Waals surface area contributed by atoms with Gasteiger partial charge in [-0.15, -0.1) is 6.58 Å². The van der Waals surface area contributed by atoms with Gasteiger partial charge in [-0.05, 0) is 11.6 Å². The summed E-state index contributed by atoms with van der Waals surface area (Å²) in [7, 11) is 0.